The summed E-state index contributed by atoms with van der Waals surface area (Å²) < 4.78 is 5.94. The Morgan fingerprint density at radius 2 is 2.00 bits per heavy atom. The van der Waals surface area contributed by atoms with Crippen molar-refractivity contribution < 1.29 is 4.74 Å². The zero-order valence-corrected chi connectivity index (χ0v) is 13.5. The van der Waals surface area contributed by atoms with Crippen LogP contribution in [0.25, 0.3) is 10.9 Å². The van der Waals surface area contributed by atoms with Gasteiger partial charge in [-0.25, -0.2) is 0 Å². The molecule has 1 heterocycles. The number of nitrogens with zero attached hydrogens (tertiary/aromatic N) is 1. The fraction of sp³-hybridized carbons (Fsp3) is 0.500. The SMILES string of the molecule is CCCC(OCC)C(NC)c1ccc2nc(C)ccc2c1. The molecular weight excluding hydrogens is 260 g/mol. The van der Waals surface area contributed by atoms with E-state index in [2.05, 4.69) is 54.5 Å². The summed E-state index contributed by atoms with van der Waals surface area (Å²) in [6, 6.07) is 10.9. The molecule has 2 rings (SSSR count). The van der Waals surface area contributed by atoms with Crippen molar-refractivity contribution in [1.82, 2.24) is 10.3 Å². The van der Waals surface area contributed by atoms with Crippen molar-refractivity contribution >= 4 is 10.9 Å². The Morgan fingerprint density at radius 3 is 2.67 bits per heavy atom. The molecule has 0 aliphatic heterocycles. The van der Waals surface area contributed by atoms with Gasteiger partial charge in [0.25, 0.3) is 0 Å². The predicted molar refractivity (Wildman–Crippen MR) is 88.6 cm³/mol. The standard InChI is InChI=1S/C18H26N2O/c1-5-7-17(21-6-2)18(19-4)15-10-11-16-14(12-15)9-8-13(3)20-16/h8-12,17-19H,5-7H2,1-4H3. The molecule has 114 valence electrons. The molecule has 1 N–H and O–H groups in total. The molecule has 0 saturated carbocycles. The third kappa shape index (κ3) is 3.80. The summed E-state index contributed by atoms with van der Waals surface area (Å²) in [5, 5.41) is 4.60. The van der Waals surface area contributed by atoms with Gasteiger partial charge in [-0.3, -0.25) is 4.98 Å². The molecule has 1 aromatic heterocycles. The highest BCUT2D eigenvalue weighted by Crippen LogP contribution is 2.25. The largest absolute Gasteiger partial charge is 0.377 e. The number of likely N-dealkylation sites (N-methyl/N-ethyl adjacent to an activating group) is 1. The van der Waals surface area contributed by atoms with E-state index >= 15 is 0 Å². The van der Waals surface area contributed by atoms with Gasteiger partial charge >= 0.3 is 0 Å². The van der Waals surface area contributed by atoms with Crippen molar-refractivity contribution in [3.8, 4) is 0 Å². The molecule has 0 fully saturated rings. The molecule has 0 bridgehead atoms. The molecule has 0 spiro atoms. The van der Waals surface area contributed by atoms with Crippen LogP contribution in [0.1, 0.15) is 44.0 Å². The molecule has 2 aromatic rings. The van der Waals surface area contributed by atoms with Crippen molar-refractivity contribution in [2.75, 3.05) is 13.7 Å². The second kappa shape index (κ2) is 7.53. The molecule has 0 amide bonds. The lowest BCUT2D eigenvalue weighted by Crippen LogP contribution is -2.31. The molecule has 3 nitrogen and oxygen atoms in total. The number of fused-ring (bicyclic) bond motifs is 1. The van der Waals surface area contributed by atoms with Crippen molar-refractivity contribution in [2.45, 2.75) is 45.8 Å². The number of ether oxygens (including phenoxy) is 1. The fourth-order valence-corrected chi connectivity index (χ4v) is 2.85. The summed E-state index contributed by atoms with van der Waals surface area (Å²) in [5.74, 6) is 0. The third-order valence-corrected chi connectivity index (χ3v) is 3.85. The average Bonchev–Trinajstić information content (AvgIpc) is 2.48. The second-order valence-electron chi connectivity index (χ2n) is 5.45. The molecule has 2 unspecified atom stereocenters. The summed E-state index contributed by atoms with van der Waals surface area (Å²) in [5.41, 5.74) is 3.37. The number of rotatable bonds is 7. The molecular formula is C18H26N2O. The highest BCUT2D eigenvalue weighted by molar-refractivity contribution is 5.79. The van der Waals surface area contributed by atoms with Crippen LogP contribution in [-0.2, 0) is 4.74 Å². The zero-order valence-electron chi connectivity index (χ0n) is 13.5. The second-order valence-corrected chi connectivity index (χ2v) is 5.45. The molecule has 0 aliphatic rings. The van der Waals surface area contributed by atoms with Gasteiger partial charge in [-0.15, -0.1) is 0 Å². The van der Waals surface area contributed by atoms with E-state index < -0.39 is 0 Å². The fourth-order valence-electron chi connectivity index (χ4n) is 2.85. The summed E-state index contributed by atoms with van der Waals surface area (Å²) in [6.45, 7) is 7.03. The monoisotopic (exact) mass is 286 g/mol. The lowest BCUT2D eigenvalue weighted by Gasteiger charge is -2.27. The number of benzene rings is 1. The van der Waals surface area contributed by atoms with Crippen LogP contribution in [-0.4, -0.2) is 24.7 Å². The number of aryl methyl sites for hydroxylation is 1. The maximum absolute atomic E-state index is 5.94. The van der Waals surface area contributed by atoms with Crippen LogP contribution in [0.3, 0.4) is 0 Å². The van der Waals surface area contributed by atoms with Crippen molar-refractivity contribution in [1.29, 1.82) is 0 Å². The summed E-state index contributed by atoms with van der Waals surface area (Å²) in [4.78, 5) is 4.57. The molecule has 21 heavy (non-hydrogen) atoms. The van der Waals surface area contributed by atoms with Gasteiger partial charge in [0.2, 0.25) is 0 Å². The van der Waals surface area contributed by atoms with Crippen molar-refractivity contribution in [3.05, 3.63) is 41.6 Å². The number of nitrogens with one attached hydrogen (secondary N) is 1. The number of pyridine rings is 1. The Hall–Kier alpha value is -1.45. The van der Waals surface area contributed by atoms with Crippen molar-refractivity contribution in [2.24, 2.45) is 0 Å². The van der Waals surface area contributed by atoms with Crippen LogP contribution in [0.5, 0.6) is 0 Å². The van der Waals surface area contributed by atoms with E-state index in [0.29, 0.717) is 0 Å². The summed E-state index contributed by atoms with van der Waals surface area (Å²) in [7, 11) is 2.00. The van der Waals surface area contributed by atoms with Crippen LogP contribution in [0, 0.1) is 6.92 Å². The summed E-state index contributed by atoms with van der Waals surface area (Å²) >= 11 is 0. The van der Waals surface area contributed by atoms with Gasteiger partial charge in [-0.1, -0.05) is 25.5 Å². The van der Waals surface area contributed by atoms with Crippen LogP contribution in [0.4, 0.5) is 0 Å². The Kier molecular flexibility index (Phi) is 5.71. The molecule has 3 heteroatoms. The van der Waals surface area contributed by atoms with E-state index in [0.717, 1.165) is 30.7 Å². The van der Waals surface area contributed by atoms with Crippen molar-refractivity contribution in [3.63, 3.8) is 0 Å². The molecule has 0 saturated heterocycles. The first-order valence-corrected chi connectivity index (χ1v) is 7.85. The van der Waals surface area contributed by atoms with Gasteiger partial charge in [-0.2, -0.15) is 0 Å². The third-order valence-electron chi connectivity index (χ3n) is 3.85. The first-order chi connectivity index (χ1) is 10.2. The lowest BCUT2D eigenvalue weighted by molar-refractivity contribution is 0.0296. The molecule has 2 atom stereocenters. The van der Waals surface area contributed by atoms with E-state index in [9.17, 15) is 0 Å². The van der Waals surface area contributed by atoms with Crippen LogP contribution in [0.15, 0.2) is 30.3 Å². The molecule has 1 aromatic carbocycles. The van der Waals surface area contributed by atoms with Gasteiger partial charge < -0.3 is 10.1 Å². The van der Waals surface area contributed by atoms with E-state index in [1.54, 1.807) is 0 Å². The minimum absolute atomic E-state index is 0.209. The highest BCUT2D eigenvalue weighted by Gasteiger charge is 2.21. The van der Waals surface area contributed by atoms with E-state index in [4.69, 9.17) is 4.74 Å². The number of hydrogen-bond donors (Lipinski definition) is 1. The normalized spacial score (nSPS) is 14.3. The quantitative estimate of drug-likeness (QED) is 0.835. The maximum atomic E-state index is 5.94. The van der Waals surface area contributed by atoms with Gasteiger partial charge in [0, 0.05) is 17.7 Å². The van der Waals surface area contributed by atoms with Crippen LogP contribution >= 0.6 is 0 Å². The van der Waals surface area contributed by atoms with Gasteiger partial charge in [0.05, 0.1) is 17.7 Å². The predicted octanol–water partition coefficient (Wildman–Crippen LogP) is 4.01. The lowest BCUT2D eigenvalue weighted by atomic mass is 9.96. The Labute approximate surface area is 127 Å². The topological polar surface area (TPSA) is 34.1 Å². The number of hydrogen-bond acceptors (Lipinski definition) is 3. The molecule has 0 radical (unpaired) electrons. The zero-order chi connectivity index (χ0) is 15.2. The van der Waals surface area contributed by atoms with E-state index in [1.165, 1.54) is 10.9 Å². The maximum Gasteiger partial charge on any atom is 0.0769 e. The first-order valence-electron chi connectivity index (χ1n) is 7.85. The van der Waals surface area contributed by atoms with Gasteiger partial charge in [0.15, 0.2) is 0 Å². The van der Waals surface area contributed by atoms with E-state index in [1.807, 2.05) is 14.0 Å². The molecule has 0 aliphatic carbocycles. The Bertz CT molecular complexity index is 576. The number of aromatic nitrogens is 1. The van der Waals surface area contributed by atoms with Gasteiger partial charge in [-0.05, 0) is 51.1 Å². The smallest absolute Gasteiger partial charge is 0.0769 e. The minimum atomic E-state index is 0.209. The summed E-state index contributed by atoms with van der Waals surface area (Å²) in [6.07, 6.45) is 2.39. The van der Waals surface area contributed by atoms with Crippen LogP contribution in [0.2, 0.25) is 0 Å². The highest BCUT2D eigenvalue weighted by atomic mass is 16.5. The van der Waals surface area contributed by atoms with Crippen LogP contribution < -0.4 is 5.32 Å². The Morgan fingerprint density at radius 1 is 1.19 bits per heavy atom. The average molecular weight is 286 g/mol. The Balaban J connectivity index is 2.34. The van der Waals surface area contributed by atoms with Gasteiger partial charge in [0.1, 0.15) is 0 Å². The minimum Gasteiger partial charge on any atom is -0.377 e. The first kappa shape index (κ1) is 15.9. The van der Waals surface area contributed by atoms with E-state index in [-0.39, 0.29) is 12.1 Å².